The summed E-state index contributed by atoms with van der Waals surface area (Å²) in [5.41, 5.74) is 4.33. The third kappa shape index (κ3) is 1.73. The monoisotopic (exact) mass is 187 g/mol. The lowest BCUT2D eigenvalue weighted by molar-refractivity contribution is 0.509. The Bertz CT molecular complexity index is 341. The summed E-state index contributed by atoms with van der Waals surface area (Å²) in [6.45, 7) is 7.06. The fraction of sp³-hybridized carbons (Fsp3) is 0.385. The third-order valence-corrected chi connectivity index (χ3v) is 2.86. The first-order valence-electron chi connectivity index (χ1n) is 5.25. The van der Waals surface area contributed by atoms with Gasteiger partial charge in [0.15, 0.2) is 0 Å². The predicted molar refractivity (Wildman–Crippen MR) is 60.4 cm³/mol. The number of benzene rings is 1. The predicted octanol–water partition coefficient (Wildman–Crippen LogP) is 2.76. The van der Waals surface area contributed by atoms with Crippen molar-refractivity contribution in [1.82, 2.24) is 5.32 Å². The molecule has 74 valence electrons. The molecule has 1 aromatic carbocycles. The standard InChI is InChI=1S/C13H17N/c1-3-4-13-12-6-5-10(2)9-11(12)7-8-14-13/h3,5-6,9,13-14H,1,4,7-8H2,2H3. The van der Waals surface area contributed by atoms with E-state index in [9.17, 15) is 0 Å². The van der Waals surface area contributed by atoms with Crippen LogP contribution in [0.15, 0.2) is 30.9 Å². The van der Waals surface area contributed by atoms with Crippen LogP contribution in [0.5, 0.6) is 0 Å². The Kier molecular flexibility index (Phi) is 2.69. The average Bonchev–Trinajstić information content (AvgIpc) is 2.18. The molecule has 1 nitrogen and oxygen atoms in total. The number of hydrogen-bond acceptors (Lipinski definition) is 1. The molecule has 0 amide bonds. The van der Waals surface area contributed by atoms with E-state index in [1.165, 1.54) is 16.7 Å². The molecule has 1 aliphatic heterocycles. The minimum atomic E-state index is 0.483. The highest BCUT2D eigenvalue weighted by molar-refractivity contribution is 5.36. The fourth-order valence-corrected chi connectivity index (χ4v) is 2.16. The zero-order valence-electron chi connectivity index (χ0n) is 8.72. The lowest BCUT2D eigenvalue weighted by Gasteiger charge is -2.26. The molecule has 0 aliphatic carbocycles. The first-order valence-corrected chi connectivity index (χ1v) is 5.25. The molecule has 14 heavy (non-hydrogen) atoms. The first kappa shape index (κ1) is 9.47. The molecule has 1 heteroatoms. The molecule has 1 aliphatic rings. The van der Waals surface area contributed by atoms with E-state index < -0.39 is 0 Å². The molecule has 0 spiro atoms. The Morgan fingerprint density at radius 1 is 1.57 bits per heavy atom. The highest BCUT2D eigenvalue weighted by atomic mass is 14.9. The van der Waals surface area contributed by atoms with Crippen molar-refractivity contribution in [1.29, 1.82) is 0 Å². The summed E-state index contributed by atoms with van der Waals surface area (Å²) in [5.74, 6) is 0. The van der Waals surface area contributed by atoms with Crippen LogP contribution >= 0.6 is 0 Å². The fourth-order valence-electron chi connectivity index (χ4n) is 2.16. The highest BCUT2D eigenvalue weighted by Gasteiger charge is 2.17. The van der Waals surface area contributed by atoms with Crippen LogP contribution in [-0.2, 0) is 6.42 Å². The summed E-state index contributed by atoms with van der Waals surface area (Å²) in [5, 5.41) is 3.52. The van der Waals surface area contributed by atoms with Crippen LogP contribution in [0.3, 0.4) is 0 Å². The van der Waals surface area contributed by atoms with Gasteiger partial charge in [-0.15, -0.1) is 6.58 Å². The largest absolute Gasteiger partial charge is 0.309 e. The highest BCUT2D eigenvalue weighted by Crippen LogP contribution is 2.26. The molecule has 0 aromatic heterocycles. The van der Waals surface area contributed by atoms with E-state index in [0.29, 0.717) is 6.04 Å². The summed E-state index contributed by atoms with van der Waals surface area (Å²) in [6, 6.07) is 7.25. The van der Waals surface area contributed by atoms with Crippen molar-refractivity contribution < 1.29 is 0 Å². The molecule has 2 rings (SSSR count). The molecular formula is C13H17N. The summed E-state index contributed by atoms with van der Waals surface area (Å²) in [7, 11) is 0. The normalized spacial score (nSPS) is 20.2. The van der Waals surface area contributed by atoms with Gasteiger partial charge in [-0.25, -0.2) is 0 Å². The maximum Gasteiger partial charge on any atom is 0.0357 e. The second kappa shape index (κ2) is 3.97. The molecule has 1 atom stereocenters. The maximum atomic E-state index is 3.81. The zero-order valence-corrected chi connectivity index (χ0v) is 8.72. The van der Waals surface area contributed by atoms with Crippen LogP contribution in [0, 0.1) is 6.92 Å². The van der Waals surface area contributed by atoms with E-state index in [-0.39, 0.29) is 0 Å². The Labute approximate surface area is 85.8 Å². The number of aryl methyl sites for hydroxylation is 1. The van der Waals surface area contributed by atoms with E-state index in [4.69, 9.17) is 0 Å². The van der Waals surface area contributed by atoms with Gasteiger partial charge in [-0.3, -0.25) is 0 Å². The lowest BCUT2D eigenvalue weighted by Crippen LogP contribution is -2.29. The number of hydrogen-bond donors (Lipinski definition) is 1. The zero-order chi connectivity index (χ0) is 9.97. The SMILES string of the molecule is C=CCC1NCCc2cc(C)ccc21. The minimum Gasteiger partial charge on any atom is -0.309 e. The maximum absolute atomic E-state index is 3.81. The van der Waals surface area contributed by atoms with Gasteiger partial charge in [0, 0.05) is 6.04 Å². The van der Waals surface area contributed by atoms with Gasteiger partial charge in [-0.05, 0) is 37.4 Å². The van der Waals surface area contributed by atoms with Crippen LogP contribution in [0.4, 0.5) is 0 Å². The van der Waals surface area contributed by atoms with Gasteiger partial charge < -0.3 is 5.32 Å². The van der Waals surface area contributed by atoms with Crippen molar-refractivity contribution in [2.45, 2.75) is 25.8 Å². The van der Waals surface area contributed by atoms with Crippen molar-refractivity contribution >= 4 is 0 Å². The molecule has 0 saturated carbocycles. The van der Waals surface area contributed by atoms with Gasteiger partial charge in [0.25, 0.3) is 0 Å². The van der Waals surface area contributed by atoms with Gasteiger partial charge >= 0.3 is 0 Å². The van der Waals surface area contributed by atoms with Crippen molar-refractivity contribution in [2.75, 3.05) is 6.54 Å². The Morgan fingerprint density at radius 2 is 2.43 bits per heavy atom. The second-order valence-electron chi connectivity index (χ2n) is 3.98. The molecule has 0 saturated heterocycles. The van der Waals surface area contributed by atoms with E-state index >= 15 is 0 Å². The van der Waals surface area contributed by atoms with Gasteiger partial charge in [0.2, 0.25) is 0 Å². The van der Waals surface area contributed by atoms with Gasteiger partial charge in [-0.2, -0.15) is 0 Å². The Balaban J connectivity index is 2.34. The Hall–Kier alpha value is -1.08. The molecular weight excluding hydrogens is 170 g/mol. The molecule has 1 aromatic rings. The number of nitrogens with one attached hydrogen (secondary N) is 1. The van der Waals surface area contributed by atoms with Crippen molar-refractivity contribution in [3.63, 3.8) is 0 Å². The molecule has 0 radical (unpaired) electrons. The minimum absolute atomic E-state index is 0.483. The molecule has 1 unspecified atom stereocenters. The van der Waals surface area contributed by atoms with Crippen molar-refractivity contribution in [2.24, 2.45) is 0 Å². The van der Waals surface area contributed by atoms with Crippen molar-refractivity contribution in [3.05, 3.63) is 47.5 Å². The van der Waals surface area contributed by atoms with E-state index in [1.54, 1.807) is 0 Å². The van der Waals surface area contributed by atoms with Crippen LogP contribution in [0.2, 0.25) is 0 Å². The Morgan fingerprint density at radius 3 is 3.21 bits per heavy atom. The molecule has 0 fully saturated rings. The summed E-state index contributed by atoms with van der Waals surface area (Å²) >= 11 is 0. The van der Waals surface area contributed by atoms with E-state index in [1.807, 2.05) is 6.08 Å². The smallest absolute Gasteiger partial charge is 0.0357 e. The van der Waals surface area contributed by atoms with Crippen LogP contribution in [-0.4, -0.2) is 6.54 Å². The molecule has 1 heterocycles. The van der Waals surface area contributed by atoms with Crippen LogP contribution < -0.4 is 5.32 Å². The average molecular weight is 187 g/mol. The van der Waals surface area contributed by atoms with E-state index in [2.05, 4.69) is 37.0 Å². The first-order chi connectivity index (χ1) is 6.81. The number of rotatable bonds is 2. The summed E-state index contributed by atoms with van der Waals surface area (Å²) in [4.78, 5) is 0. The second-order valence-corrected chi connectivity index (χ2v) is 3.98. The van der Waals surface area contributed by atoms with Crippen LogP contribution in [0.25, 0.3) is 0 Å². The van der Waals surface area contributed by atoms with Gasteiger partial charge in [0.05, 0.1) is 0 Å². The third-order valence-electron chi connectivity index (χ3n) is 2.86. The molecule has 0 bridgehead atoms. The summed E-state index contributed by atoms with van der Waals surface area (Å²) in [6.07, 6.45) is 4.17. The van der Waals surface area contributed by atoms with E-state index in [0.717, 1.165) is 19.4 Å². The summed E-state index contributed by atoms with van der Waals surface area (Å²) < 4.78 is 0. The lowest BCUT2D eigenvalue weighted by atomic mass is 9.91. The topological polar surface area (TPSA) is 12.0 Å². The van der Waals surface area contributed by atoms with Crippen molar-refractivity contribution in [3.8, 4) is 0 Å². The quantitative estimate of drug-likeness (QED) is 0.702. The molecule has 1 N–H and O–H groups in total. The van der Waals surface area contributed by atoms with Gasteiger partial charge in [-0.1, -0.05) is 29.8 Å². The van der Waals surface area contributed by atoms with Crippen LogP contribution in [0.1, 0.15) is 29.2 Å². The van der Waals surface area contributed by atoms with Gasteiger partial charge in [0.1, 0.15) is 0 Å². The number of fused-ring (bicyclic) bond motifs is 1.